The minimum atomic E-state index is 0.160. The lowest BCUT2D eigenvalue weighted by Crippen LogP contribution is -2.25. The fourth-order valence-electron chi connectivity index (χ4n) is 2.43. The zero-order valence-corrected chi connectivity index (χ0v) is 13.7. The number of likely N-dealkylation sites (N-methyl/N-ethyl adjacent to an activating group) is 1. The van der Waals surface area contributed by atoms with E-state index in [2.05, 4.69) is 0 Å². The molecule has 0 amide bonds. The predicted octanol–water partition coefficient (Wildman–Crippen LogP) is 3.61. The number of aromatic nitrogens is 1. The maximum Gasteiger partial charge on any atom is 0.178 e. The molecule has 112 valence electrons. The standard InChI is InChI=1S/C17H21ClN2O/c1-12-9-16(13(2)20(12)4)17(21)11-19(3)10-14-5-7-15(18)8-6-14/h5-9H,10-11H2,1-4H3. The van der Waals surface area contributed by atoms with Gasteiger partial charge in [-0.3, -0.25) is 9.69 Å². The van der Waals surface area contributed by atoms with Crippen molar-refractivity contribution in [1.29, 1.82) is 0 Å². The zero-order chi connectivity index (χ0) is 15.6. The molecule has 1 aromatic heterocycles. The molecular weight excluding hydrogens is 284 g/mol. The van der Waals surface area contributed by atoms with Gasteiger partial charge in [0.2, 0.25) is 0 Å². The van der Waals surface area contributed by atoms with E-state index in [0.717, 1.165) is 34.1 Å². The number of carbonyl (C=O) groups excluding carboxylic acids is 1. The van der Waals surface area contributed by atoms with E-state index in [-0.39, 0.29) is 5.78 Å². The summed E-state index contributed by atoms with van der Waals surface area (Å²) in [7, 11) is 3.94. The lowest BCUT2D eigenvalue weighted by atomic mass is 10.1. The number of Topliss-reactive ketones (excluding diaryl/α,β-unsaturated/α-hetero) is 1. The van der Waals surface area contributed by atoms with Crippen molar-refractivity contribution in [2.24, 2.45) is 7.05 Å². The predicted molar refractivity (Wildman–Crippen MR) is 87.0 cm³/mol. The topological polar surface area (TPSA) is 25.2 Å². The Kier molecular flexibility index (Phi) is 4.86. The Balaban J connectivity index is 2.01. The SMILES string of the molecule is Cc1cc(C(=O)CN(C)Cc2ccc(Cl)cc2)c(C)n1C. The summed E-state index contributed by atoms with van der Waals surface area (Å²) in [5, 5.41) is 0.730. The third-order valence-corrected chi connectivity index (χ3v) is 4.11. The highest BCUT2D eigenvalue weighted by Crippen LogP contribution is 2.15. The number of ketones is 1. The second-order valence-corrected chi connectivity index (χ2v) is 6.00. The van der Waals surface area contributed by atoms with Crippen LogP contribution in [0.3, 0.4) is 0 Å². The molecule has 0 N–H and O–H groups in total. The van der Waals surface area contributed by atoms with Crippen LogP contribution < -0.4 is 0 Å². The fraction of sp³-hybridized carbons (Fsp3) is 0.353. The molecule has 0 saturated heterocycles. The van der Waals surface area contributed by atoms with E-state index in [4.69, 9.17) is 11.6 Å². The summed E-state index contributed by atoms with van der Waals surface area (Å²) in [5.41, 5.74) is 4.10. The highest BCUT2D eigenvalue weighted by atomic mass is 35.5. The lowest BCUT2D eigenvalue weighted by Gasteiger charge is -2.16. The van der Waals surface area contributed by atoms with E-state index in [1.165, 1.54) is 0 Å². The van der Waals surface area contributed by atoms with Crippen LogP contribution in [-0.2, 0) is 13.6 Å². The van der Waals surface area contributed by atoms with Gasteiger partial charge >= 0.3 is 0 Å². The molecule has 0 atom stereocenters. The maximum atomic E-state index is 12.4. The van der Waals surface area contributed by atoms with Crippen LogP contribution in [0.25, 0.3) is 0 Å². The van der Waals surface area contributed by atoms with Crippen molar-refractivity contribution in [1.82, 2.24) is 9.47 Å². The Labute approximate surface area is 131 Å². The van der Waals surface area contributed by atoms with Crippen LogP contribution in [0.5, 0.6) is 0 Å². The van der Waals surface area contributed by atoms with Gasteiger partial charge in [0.25, 0.3) is 0 Å². The van der Waals surface area contributed by atoms with Crippen molar-refractivity contribution >= 4 is 17.4 Å². The molecule has 21 heavy (non-hydrogen) atoms. The summed E-state index contributed by atoms with van der Waals surface area (Å²) >= 11 is 5.88. The minimum Gasteiger partial charge on any atom is -0.351 e. The molecular formula is C17H21ClN2O. The molecule has 2 aromatic rings. The Morgan fingerprint density at radius 3 is 2.38 bits per heavy atom. The smallest absolute Gasteiger partial charge is 0.178 e. The van der Waals surface area contributed by atoms with Gasteiger partial charge in [0.1, 0.15) is 0 Å². The van der Waals surface area contributed by atoms with Crippen molar-refractivity contribution < 1.29 is 4.79 Å². The molecule has 4 heteroatoms. The first-order valence-corrected chi connectivity index (χ1v) is 7.35. The second-order valence-electron chi connectivity index (χ2n) is 5.57. The normalized spacial score (nSPS) is 11.1. The van der Waals surface area contributed by atoms with Gasteiger partial charge in [-0.05, 0) is 44.7 Å². The monoisotopic (exact) mass is 304 g/mol. The van der Waals surface area contributed by atoms with Gasteiger partial charge in [0, 0.05) is 35.6 Å². The van der Waals surface area contributed by atoms with Crippen molar-refractivity contribution in [2.45, 2.75) is 20.4 Å². The van der Waals surface area contributed by atoms with Crippen LogP contribution in [0, 0.1) is 13.8 Å². The van der Waals surface area contributed by atoms with Crippen LogP contribution >= 0.6 is 11.6 Å². The summed E-state index contributed by atoms with van der Waals surface area (Å²) in [5.74, 6) is 0.160. The van der Waals surface area contributed by atoms with Crippen molar-refractivity contribution in [2.75, 3.05) is 13.6 Å². The molecule has 0 aliphatic heterocycles. The van der Waals surface area contributed by atoms with Crippen LogP contribution in [-0.4, -0.2) is 28.8 Å². The van der Waals surface area contributed by atoms with Crippen molar-refractivity contribution in [3.8, 4) is 0 Å². The molecule has 0 radical (unpaired) electrons. The van der Waals surface area contributed by atoms with Gasteiger partial charge in [-0.1, -0.05) is 23.7 Å². The molecule has 0 spiro atoms. The molecule has 0 aliphatic carbocycles. The van der Waals surface area contributed by atoms with Crippen LogP contribution in [0.15, 0.2) is 30.3 Å². The van der Waals surface area contributed by atoms with E-state index >= 15 is 0 Å². The number of hydrogen-bond acceptors (Lipinski definition) is 2. The fourth-order valence-corrected chi connectivity index (χ4v) is 2.55. The van der Waals surface area contributed by atoms with Gasteiger partial charge < -0.3 is 4.57 Å². The third-order valence-electron chi connectivity index (χ3n) is 3.85. The Morgan fingerprint density at radius 1 is 1.24 bits per heavy atom. The number of hydrogen-bond donors (Lipinski definition) is 0. The van der Waals surface area contributed by atoms with Gasteiger partial charge in [0.15, 0.2) is 5.78 Å². The molecule has 1 aromatic carbocycles. The molecule has 0 saturated carbocycles. The molecule has 2 rings (SSSR count). The maximum absolute atomic E-state index is 12.4. The van der Waals surface area contributed by atoms with Gasteiger partial charge in [0.05, 0.1) is 6.54 Å². The number of halogens is 1. The van der Waals surface area contributed by atoms with Crippen LogP contribution in [0.2, 0.25) is 5.02 Å². The van der Waals surface area contributed by atoms with Gasteiger partial charge in [-0.25, -0.2) is 0 Å². The highest BCUT2D eigenvalue weighted by Gasteiger charge is 2.15. The number of rotatable bonds is 5. The Morgan fingerprint density at radius 2 is 1.86 bits per heavy atom. The largest absolute Gasteiger partial charge is 0.351 e. The molecule has 0 unspecified atom stereocenters. The van der Waals surface area contributed by atoms with Crippen molar-refractivity contribution in [3.05, 3.63) is 57.9 Å². The second kappa shape index (κ2) is 6.46. The summed E-state index contributed by atoms with van der Waals surface area (Å²) in [6, 6.07) is 9.69. The lowest BCUT2D eigenvalue weighted by molar-refractivity contribution is 0.0942. The molecule has 0 aliphatic rings. The Hall–Kier alpha value is -1.58. The Bertz CT molecular complexity index is 644. The highest BCUT2D eigenvalue weighted by molar-refractivity contribution is 6.30. The summed E-state index contributed by atoms with van der Waals surface area (Å²) in [4.78, 5) is 14.4. The van der Waals surface area contributed by atoms with E-state index < -0.39 is 0 Å². The summed E-state index contributed by atoms with van der Waals surface area (Å²) in [6.07, 6.45) is 0. The molecule has 0 fully saturated rings. The molecule has 1 heterocycles. The first kappa shape index (κ1) is 15.8. The van der Waals surface area contributed by atoms with Gasteiger partial charge in [-0.15, -0.1) is 0 Å². The quantitative estimate of drug-likeness (QED) is 0.789. The van der Waals surface area contributed by atoms with Crippen molar-refractivity contribution in [3.63, 3.8) is 0 Å². The summed E-state index contributed by atoms with van der Waals surface area (Å²) < 4.78 is 2.05. The molecule has 3 nitrogen and oxygen atoms in total. The first-order chi connectivity index (χ1) is 9.88. The third kappa shape index (κ3) is 3.74. The zero-order valence-electron chi connectivity index (χ0n) is 13.0. The average Bonchev–Trinajstić information content (AvgIpc) is 2.69. The van der Waals surface area contributed by atoms with E-state index in [1.807, 2.05) is 67.7 Å². The first-order valence-electron chi connectivity index (χ1n) is 6.97. The summed E-state index contributed by atoms with van der Waals surface area (Å²) in [6.45, 7) is 5.14. The minimum absolute atomic E-state index is 0.160. The number of nitrogens with zero attached hydrogens (tertiary/aromatic N) is 2. The van der Waals surface area contributed by atoms with Crippen LogP contribution in [0.4, 0.5) is 0 Å². The van der Waals surface area contributed by atoms with Gasteiger partial charge in [-0.2, -0.15) is 0 Å². The number of carbonyl (C=O) groups is 1. The van der Waals surface area contributed by atoms with E-state index in [1.54, 1.807) is 0 Å². The average molecular weight is 305 g/mol. The van der Waals surface area contributed by atoms with E-state index in [9.17, 15) is 4.79 Å². The number of benzene rings is 1. The van der Waals surface area contributed by atoms with Crippen LogP contribution in [0.1, 0.15) is 27.3 Å². The number of aryl methyl sites for hydroxylation is 1. The molecule has 0 bridgehead atoms. The van der Waals surface area contributed by atoms with E-state index in [0.29, 0.717) is 6.54 Å².